The van der Waals surface area contributed by atoms with Gasteiger partial charge in [-0.1, -0.05) is 42.5 Å². The molecule has 0 spiro atoms. The van der Waals surface area contributed by atoms with Crippen molar-refractivity contribution in [1.82, 2.24) is 20.0 Å². The van der Waals surface area contributed by atoms with E-state index in [1.807, 2.05) is 29.1 Å². The van der Waals surface area contributed by atoms with Crippen LogP contribution in [-0.4, -0.2) is 33.8 Å². The summed E-state index contributed by atoms with van der Waals surface area (Å²) in [6.07, 6.45) is 5.20. The third kappa shape index (κ3) is 3.87. The van der Waals surface area contributed by atoms with E-state index in [9.17, 15) is 0 Å². The molecule has 4 nitrogen and oxygen atoms in total. The molecule has 0 fully saturated rings. The van der Waals surface area contributed by atoms with Crippen LogP contribution in [0.3, 0.4) is 0 Å². The van der Waals surface area contributed by atoms with Crippen molar-refractivity contribution in [3.8, 4) is 5.69 Å². The van der Waals surface area contributed by atoms with E-state index in [1.165, 1.54) is 16.7 Å². The fraction of sp³-hybridized carbons (Fsp3) is 0.318. The normalized spacial score (nSPS) is 15.6. The minimum atomic E-state index is 0.521. The lowest BCUT2D eigenvalue weighted by atomic mass is 9.99. The van der Waals surface area contributed by atoms with Crippen LogP contribution < -0.4 is 5.32 Å². The Kier molecular flexibility index (Phi) is 5.14. The monoisotopic (exact) mass is 346 g/mol. The summed E-state index contributed by atoms with van der Waals surface area (Å²) >= 11 is 0. The van der Waals surface area contributed by atoms with Crippen molar-refractivity contribution < 1.29 is 0 Å². The van der Waals surface area contributed by atoms with Gasteiger partial charge >= 0.3 is 0 Å². The van der Waals surface area contributed by atoms with Crippen LogP contribution in [0.4, 0.5) is 0 Å². The largest absolute Gasteiger partial charge is 0.311 e. The molecule has 1 N–H and O–H groups in total. The molecule has 4 heteroatoms. The molecule has 3 aromatic rings. The molecule has 26 heavy (non-hydrogen) atoms. The summed E-state index contributed by atoms with van der Waals surface area (Å²) in [6, 6.07) is 19.6. The maximum absolute atomic E-state index is 4.47. The van der Waals surface area contributed by atoms with Gasteiger partial charge in [-0.15, -0.1) is 0 Å². The molecule has 0 aliphatic carbocycles. The van der Waals surface area contributed by atoms with Gasteiger partial charge in [-0.05, 0) is 36.6 Å². The highest BCUT2D eigenvalue weighted by atomic mass is 15.3. The number of rotatable bonds is 6. The molecule has 0 radical (unpaired) electrons. The Bertz CT molecular complexity index is 840. The van der Waals surface area contributed by atoms with Gasteiger partial charge in [-0.25, -0.2) is 4.68 Å². The molecule has 1 aliphatic rings. The van der Waals surface area contributed by atoms with Crippen LogP contribution in [0.5, 0.6) is 0 Å². The van der Waals surface area contributed by atoms with Crippen LogP contribution >= 0.6 is 0 Å². The first-order chi connectivity index (χ1) is 12.8. The van der Waals surface area contributed by atoms with Crippen molar-refractivity contribution >= 4 is 0 Å². The van der Waals surface area contributed by atoms with E-state index >= 15 is 0 Å². The number of nitrogens with zero attached hydrogens (tertiary/aromatic N) is 3. The lowest BCUT2D eigenvalue weighted by Gasteiger charge is -2.33. The maximum atomic E-state index is 4.47. The first kappa shape index (κ1) is 17.0. The van der Waals surface area contributed by atoms with Gasteiger partial charge in [0.05, 0.1) is 11.9 Å². The first-order valence-corrected chi connectivity index (χ1v) is 9.40. The van der Waals surface area contributed by atoms with Crippen LogP contribution in [-0.2, 0) is 19.5 Å². The van der Waals surface area contributed by atoms with Crippen LogP contribution in [0.15, 0.2) is 67.0 Å². The van der Waals surface area contributed by atoms with Gasteiger partial charge in [0.25, 0.3) is 0 Å². The number of fused-ring (bicyclic) bond motifs is 1. The lowest BCUT2D eigenvalue weighted by Crippen LogP contribution is -2.42. The summed E-state index contributed by atoms with van der Waals surface area (Å²) in [5.41, 5.74) is 5.30. The summed E-state index contributed by atoms with van der Waals surface area (Å²) in [5, 5.41) is 8.06. The summed E-state index contributed by atoms with van der Waals surface area (Å²) in [4.78, 5) is 2.57. The Balaban J connectivity index is 1.28. The van der Waals surface area contributed by atoms with Gasteiger partial charge in [-0.3, -0.25) is 4.90 Å². The fourth-order valence-corrected chi connectivity index (χ4v) is 3.62. The van der Waals surface area contributed by atoms with Gasteiger partial charge in [0.15, 0.2) is 0 Å². The standard InChI is InChI=1S/C22H26N4/c1-18(25-12-11-20-7-5-6-8-21(20)17-25)13-23-14-19-15-24-26(16-19)22-9-3-2-4-10-22/h2-10,15-16,18,23H,11-14,17H2,1H3/t18-/m1/s1. The molecule has 1 aliphatic heterocycles. The zero-order valence-corrected chi connectivity index (χ0v) is 15.3. The molecule has 1 aromatic heterocycles. The van der Waals surface area contributed by atoms with E-state index in [4.69, 9.17) is 0 Å². The number of aromatic nitrogens is 2. The Labute approximate surface area is 155 Å². The molecule has 4 rings (SSSR count). The highest BCUT2D eigenvalue weighted by molar-refractivity contribution is 5.31. The van der Waals surface area contributed by atoms with Crippen molar-refractivity contribution in [1.29, 1.82) is 0 Å². The van der Waals surface area contributed by atoms with Crippen LogP contribution in [0, 0.1) is 0 Å². The van der Waals surface area contributed by atoms with Crippen LogP contribution in [0.1, 0.15) is 23.6 Å². The van der Waals surface area contributed by atoms with E-state index in [-0.39, 0.29) is 0 Å². The molecular formula is C22H26N4. The number of nitrogens with one attached hydrogen (secondary N) is 1. The second-order valence-electron chi connectivity index (χ2n) is 7.10. The molecule has 0 amide bonds. The summed E-state index contributed by atoms with van der Waals surface area (Å²) in [6.45, 7) is 6.35. The third-order valence-electron chi connectivity index (χ3n) is 5.21. The maximum Gasteiger partial charge on any atom is 0.0645 e. The zero-order chi connectivity index (χ0) is 17.8. The Morgan fingerprint density at radius 3 is 2.65 bits per heavy atom. The predicted molar refractivity (Wildman–Crippen MR) is 105 cm³/mol. The first-order valence-electron chi connectivity index (χ1n) is 9.40. The summed E-state index contributed by atoms with van der Waals surface area (Å²) < 4.78 is 1.93. The summed E-state index contributed by atoms with van der Waals surface area (Å²) in [5.74, 6) is 0. The van der Waals surface area contributed by atoms with E-state index < -0.39 is 0 Å². The second kappa shape index (κ2) is 7.85. The van der Waals surface area contributed by atoms with E-state index in [0.717, 1.165) is 38.3 Å². The predicted octanol–water partition coefficient (Wildman–Crippen LogP) is 3.41. The molecule has 1 atom stereocenters. The van der Waals surface area contributed by atoms with Gasteiger partial charge in [0.1, 0.15) is 0 Å². The van der Waals surface area contributed by atoms with E-state index in [0.29, 0.717) is 6.04 Å². The number of para-hydroxylation sites is 1. The summed E-state index contributed by atoms with van der Waals surface area (Å²) in [7, 11) is 0. The highest BCUT2D eigenvalue weighted by Crippen LogP contribution is 2.20. The average Bonchev–Trinajstić information content (AvgIpc) is 3.17. The van der Waals surface area contributed by atoms with Crippen molar-refractivity contribution in [2.24, 2.45) is 0 Å². The Morgan fingerprint density at radius 2 is 1.81 bits per heavy atom. The molecule has 2 aromatic carbocycles. The molecule has 2 heterocycles. The topological polar surface area (TPSA) is 33.1 Å². The van der Waals surface area contributed by atoms with Crippen molar-refractivity contribution in [2.45, 2.75) is 32.5 Å². The minimum Gasteiger partial charge on any atom is -0.311 e. The fourth-order valence-electron chi connectivity index (χ4n) is 3.62. The van der Waals surface area contributed by atoms with Crippen LogP contribution in [0.25, 0.3) is 5.69 Å². The van der Waals surface area contributed by atoms with Crippen molar-refractivity contribution in [3.05, 3.63) is 83.7 Å². The second-order valence-corrected chi connectivity index (χ2v) is 7.10. The van der Waals surface area contributed by atoms with Gasteiger partial charge in [-0.2, -0.15) is 5.10 Å². The number of hydrogen-bond donors (Lipinski definition) is 1. The smallest absolute Gasteiger partial charge is 0.0645 e. The molecule has 134 valence electrons. The average molecular weight is 346 g/mol. The zero-order valence-electron chi connectivity index (χ0n) is 15.3. The van der Waals surface area contributed by atoms with Gasteiger partial charge < -0.3 is 5.32 Å². The lowest BCUT2D eigenvalue weighted by molar-refractivity contribution is 0.186. The molecule has 0 saturated heterocycles. The Hall–Kier alpha value is -2.43. The molecule has 0 saturated carbocycles. The molecule has 0 unspecified atom stereocenters. The van der Waals surface area contributed by atoms with Crippen molar-refractivity contribution in [3.63, 3.8) is 0 Å². The molecular weight excluding hydrogens is 320 g/mol. The van der Waals surface area contributed by atoms with E-state index in [1.54, 1.807) is 0 Å². The minimum absolute atomic E-state index is 0.521. The van der Waals surface area contributed by atoms with Gasteiger partial charge in [0, 0.05) is 44.0 Å². The SMILES string of the molecule is C[C@H](CNCc1cnn(-c2ccccc2)c1)N1CCc2ccccc2C1. The van der Waals surface area contributed by atoms with Crippen LogP contribution in [0.2, 0.25) is 0 Å². The van der Waals surface area contributed by atoms with Crippen molar-refractivity contribution in [2.75, 3.05) is 13.1 Å². The quantitative estimate of drug-likeness (QED) is 0.742. The molecule has 0 bridgehead atoms. The third-order valence-corrected chi connectivity index (χ3v) is 5.21. The van der Waals surface area contributed by atoms with Gasteiger partial charge in [0.2, 0.25) is 0 Å². The van der Waals surface area contributed by atoms with E-state index in [2.05, 4.69) is 64.8 Å². The number of hydrogen-bond acceptors (Lipinski definition) is 3. The highest BCUT2D eigenvalue weighted by Gasteiger charge is 2.19. The Morgan fingerprint density at radius 1 is 1.04 bits per heavy atom. The number of benzene rings is 2.